The predicted octanol–water partition coefficient (Wildman–Crippen LogP) is 5.43. The van der Waals surface area contributed by atoms with Crippen LogP contribution in [-0.4, -0.2) is 41.4 Å². The van der Waals surface area contributed by atoms with Crippen LogP contribution in [0.15, 0.2) is 94.8 Å². The van der Waals surface area contributed by atoms with E-state index in [1.807, 2.05) is 36.6 Å². The van der Waals surface area contributed by atoms with Crippen molar-refractivity contribution >= 4 is 17.4 Å². The molecule has 182 valence electrons. The number of aliphatic imine (C=N–C) groups is 1. The lowest BCUT2D eigenvalue weighted by molar-refractivity contribution is -0.125. The van der Waals surface area contributed by atoms with E-state index in [-0.39, 0.29) is 17.7 Å². The smallest absolute Gasteiger partial charge is 0.242 e. The van der Waals surface area contributed by atoms with Crippen molar-refractivity contribution in [2.75, 3.05) is 13.1 Å². The van der Waals surface area contributed by atoms with Gasteiger partial charge in [0, 0.05) is 31.3 Å². The number of ketones is 1. The third kappa shape index (κ3) is 6.56. The van der Waals surface area contributed by atoms with E-state index in [9.17, 15) is 9.59 Å². The molecule has 0 radical (unpaired) electrons. The van der Waals surface area contributed by atoms with Gasteiger partial charge in [0.25, 0.3) is 0 Å². The number of fused-ring (bicyclic) bond motifs is 1. The van der Waals surface area contributed by atoms with E-state index in [1.54, 1.807) is 6.92 Å². The van der Waals surface area contributed by atoms with Gasteiger partial charge in [0.1, 0.15) is 11.8 Å². The maximum atomic E-state index is 13.3. The second-order valence-corrected chi connectivity index (χ2v) is 9.29. The van der Waals surface area contributed by atoms with Crippen molar-refractivity contribution in [3.05, 3.63) is 95.4 Å². The van der Waals surface area contributed by atoms with Crippen molar-refractivity contribution in [1.82, 2.24) is 10.2 Å². The Labute approximate surface area is 208 Å². The molecule has 5 nitrogen and oxygen atoms in total. The standard InChI is InChI=1S/C30H35N3O2/c1-23(34)13-5-2-8-18-28(33-21-11-4-12-22-33)30(35)31-20-19-26-25-16-9-10-17-27(25)32-29(26)24-14-6-3-7-15-24/h3-4,6-7,9-12,14-15,17,21,28H,2,5,8,13,16,18-20,22H2,1H3,(H,31,35)/t28-/m0/s1. The minimum absolute atomic E-state index is 0.0672. The molecular weight excluding hydrogens is 434 g/mol. The molecule has 4 rings (SSSR count). The molecule has 1 amide bonds. The summed E-state index contributed by atoms with van der Waals surface area (Å²) < 4.78 is 0. The number of amides is 1. The monoisotopic (exact) mass is 469 g/mol. The van der Waals surface area contributed by atoms with Gasteiger partial charge in [0.2, 0.25) is 5.91 Å². The zero-order chi connectivity index (χ0) is 24.5. The van der Waals surface area contributed by atoms with Gasteiger partial charge in [-0.15, -0.1) is 0 Å². The highest BCUT2D eigenvalue weighted by atomic mass is 16.2. The Bertz CT molecular complexity index is 1110. The summed E-state index contributed by atoms with van der Waals surface area (Å²) in [5.74, 6) is 0.299. The topological polar surface area (TPSA) is 61.8 Å². The average Bonchev–Trinajstić information content (AvgIpc) is 3.25. The van der Waals surface area contributed by atoms with Crippen molar-refractivity contribution in [3.63, 3.8) is 0 Å². The second-order valence-electron chi connectivity index (χ2n) is 9.29. The molecule has 0 unspecified atom stereocenters. The van der Waals surface area contributed by atoms with E-state index in [0.717, 1.165) is 62.0 Å². The highest BCUT2D eigenvalue weighted by Gasteiger charge is 2.26. The van der Waals surface area contributed by atoms with E-state index in [1.165, 1.54) is 11.1 Å². The maximum absolute atomic E-state index is 13.3. The SMILES string of the molecule is CC(=O)CCCCC[C@@H](C(=O)NCCC1=C2CC=CC=C2N=C1c1ccccc1)N1C=CC=CC1. The van der Waals surface area contributed by atoms with Crippen LogP contribution in [0.4, 0.5) is 0 Å². The highest BCUT2D eigenvalue weighted by Crippen LogP contribution is 2.34. The van der Waals surface area contributed by atoms with E-state index in [0.29, 0.717) is 13.0 Å². The minimum Gasteiger partial charge on any atom is -0.362 e. The third-order valence-electron chi connectivity index (χ3n) is 6.68. The zero-order valence-corrected chi connectivity index (χ0v) is 20.6. The molecule has 3 aliphatic rings. The number of allylic oxidation sites excluding steroid dienone is 6. The summed E-state index contributed by atoms with van der Waals surface area (Å²) >= 11 is 0. The van der Waals surface area contributed by atoms with Crippen LogP contribution in [0.5, 0.6) is 0 Å². The van der Waals surface area contributed by atoms with Crippen molar-refractivity contribution in [2.45, 2.75) is 57.9 Å². The molecule has 1 N–H and O–H groups in total. The molecule has 1 aromatic rings. The number of rotatable bonds is 12. The lowest BCUT2D eigenvalue weighted by Gasteiger charge is -2.30. The lowest BCUT2D eigenvalue weighted by Crippen LogP contribution is -2.45. The van der Waals surface area contributed by atoms with Gasteiger partial charge in [0.05, 0.1) is 11.4 Å². The van der Waals surface area contributed by atoms with Gasteiger partial charge >= 0.3 is 0 Å². The number of carbonyl (C=O) groups is 2. The van der Waals surface area contributed by atoms with Crippen molar-refractivity contribution in [1.29, 1.82) is 0 Å². The summed E-state index contributed by atoms with van der Waals surface area (Å²) in [7, 11) is 0. The maximum Gasteiger partial charge on any atom is 0.242 e. The van der Waals surface area contributed by atoms with Crippen LogP contribution in [0.2, 0.25) is 0 Å². The molecule has 1 aliphatic carbocycles. The first kappa shape index (κ1) is 24.6. The Morgan fingerprint density at radius 3 is 2.69 bits per heavy atom. The number of nitrogens with zero attached hydrogens (tertiary/aromatic N) is 2. The number of nitrogens with one attached hydrogen (secondary N) is 1. The molecule has 1 atom stereocenters. The van der Waals surface area contributed by atoms with Gasteiger partial charge in [-0.2, -0.15) is 0 Å². The Morgan fingerprint density at radius 2 is 1.91 bits per heavy atom. The van der Waals surface area contributed by atoms with Crippen LogP contribution in [0.3, 0.4) is 0 Å². The molecule has 0 bridgehead atoms. The summed E-state index contributed by atoms with van der Waals surface area (Å²) in [5.41, 5.74) is 5.68. The highest BCUT2D eigenvalue weighted by molar-refractivity contribution is 6.16. The van der Waals surface area contributed by atoms with Crippen molar-refractivity contribution in [2.24, 2.45) is 4.99 Å². The minimum atomic E-state index is -0.204. The summed E-state index contributed by atoms with van der Waals surface area (Å²) in [4.78, 5) is 31.5. The molecule has 1 aromatic carbocycles. The normalized spacial score (nSPS) is 17.2. The zero-order valence-electron chi connectivity index (χ0n) is 20.6. The Kier molecular flexibility index (Phi) is 8.66. The van der Waals surface area contributed by atoms with Gasteiger partial charge in [-0.3, -0.25) is 4.79 Å². The van der Waals surface area contributed by atoms with Crippen LogP contribution in [0.1, 0.15) is 57.4 Å². The second kappa shape index (κ2) is 12.3. The molecule has 0 saturated heterocycles. The molecule has 0 fully saturated rings. The molecule has 0 aromatic heterocycles. The first-order valence-corrected chi connectivity index (χ1v) is 12.7. The third-order valence-corrected chi connectivity index (χ3v) is 6.68. The molecule has 5 heteroatoms. The largest absolute Gasteiger partial charge is 0.362 e. The van der Waals surface area contributed by atoms with Gasteiger partial charge < -0.3 is 15.0 Å². The first-order valence-electron chi connectivity index (χ1n) is 12.7. The summed E-state index contributed by atoms with van der Waals surface area (Å²) in [5, 5.41) is 3.21. The van der Waals surface area contributed by atoms with E-state index in [2.05, 4.69) is 46.7 Å². The Morgan fingerprint density at radius 1 is 1.06 bits per heavy atom. The first-order chi connectivity index (χ1) is 17.1. The van der Waals surface area contributed by atoms with Gasteiger partial charge in [-0.05, 0) is 55.9 Å². The van der Waals surface area contributed by atoms with E-state index >= 15 is 0 Å². The molecule has 0 saturated carbocycles. The van der Waals surface area contributed by atoms with E-state index < -0.39 is 0 Å². The number of hydrogen-bond donors (Lipinski definition) is 1. The Balaban J connectivity index is 1.38. The number of carbonyl (C=O) groups excluding carboxylic acids is 2. The van der Waals surface area contributed by atoms with Crippen LogP contribution in [-0.2, 0) is 9.59 Å². The number of Topliss-reactive ketones (excluding diaryl/α,β-unsaturated/α-hetero) is 1. The molecule has 0 spiro atoms. The molecule has 35 heavy (non-hydrogen) atoms. The van der Waals surface area contributed by atoms with Crippen LogP contribution in [0.25, 0.3) is 0 Å². The molecule has 2 heterocycles. The van der Waals surface area contributed by atoms with Crippen LogP contribution < -0.4 is 5.32 Å². The summed E-state index contributed by atoms with van der Waals surface area (Å²) in [6.07, 6.45) is 20.2. The van der Waals surface area contributed by atoms with Crippen LogP contribution in [0, 0.1) is 0 Å². The van der Waals surface area contributed by atoms with Gasteiger partial charge in [0.15, 0.2) is 0 Å². The number of hydrogen-bond acceptors (Lipinski definition) is 4. The molecule has 2 aliphatic heterocycles. The van der Waals surface area contributed by atoms with E-state index in [4.69, 9.17) is 4.99 Å². The Hall–Kier alpha value is -3.47. The fourth-order valence-corrected chi connectivity index (χ4v) is 4.85. The summed E-state index contributed by atoms with van der Waals surface area (Å²) in [6, 6.07) is 10.1. The predicted molar refractivity (Wildman–Crippen MR) is 142 cm³/mol. The average molecular weight is 470 g/mol. The van der Waals surface area contributed by atoms with Crippen molar-refractivity contribution < 1.29 is 9.59 Å². The van der Waals surface area contributed by atoms with Gasteiger partial charge in [-0.25, -0.2) is 4.99 Å². The lowest BCUT2D eigenvalue weighted by atomic mass is 9.93. The number of unbranched alkanes of at least 4 members (excludes halogenated alkanes) is 2. The van der Waals surface area contributed by atoms with Crippen LogP contribution >= 0.6 is 0 Å². The number of benzene rings is 1. The summed E-state index contributed by atoms with van der Waals surface area (Å²) in [6.45, 7) is 2.95. The van der Waals surface area contributed by atoms with Crippen molar-refractivity contribution in [3.8, 4) is 0 Å². The molecular formula is C30H35N3O2. The quantitative estimate of drug-likeness (QED) is 0.415. The fraction of sp³-hybridized carbons (Fsp3) is 0.367. The van der Waals surface area contributed by atoms with Gasteiger partial charge in [-0.1, -0.05) is 67.5 Å². The fourth-order valence-electron chi connectivity index (χ4n) is 4.85.